The Bertz CT molecular complexity index is 618. The van der Waals surface area contributed by atoms with Crippen molar-refractivity contribution in [2.75, 3.05) is 7.11 Å². The molecule has 1 aromatic carbocycles. The van der Waals surface area contributed by atoms with E-state index in [9.17, 15) is 9.59 Å². The van der Waals surface area contributed by atoms with Crippen molar-refractivity contribution in [3.8, 4) is 5.75 Å². The SMILES string of the molecule is COc1ccc2c(=O)[nH]c(C(=O)O)nc2c1. The van der Waals surface area contributed by atoms with Crippen LogP contribution in [0.4, 0.5) is 0 Å². The number of nitrogens with one attached hydrogen (secondary N) is 1. The Balaban J connectivity index is 2.78. The number of H-pyrrole nitrogens is 1. The minimum atomic E-state index is -1.28. The molecule has 0 spiro atoms. The van der Waals surface area contributed by atoms with E-state index in [1.54, 1.807) is 6.07 Å². The van der Waals surface area contributed by atoms with Gasteiger partial charge >= 0.3 is 5.97 Å². The van der Waals surface area contributed by atoms with E-state index in [-0.39, 0.29) is 5.82 Å². The van der Waals surface area contributed by atoms with E-state index in [4.69, 9.17) is 9.84 Å². The molecule has 0 aliphatic carbocycles. The summed E-state index contributed by atoms with van der Waals surface area (Å²) in [5.41, 5.74) is -0.189. The molecular formula is C10H8N2O4. The van der Waals surface area contributed by atoms with E-state index in [2.05, 4.69) is 9.97 Å². The molecule has 1 heterocycles. The molecule has 0 unspecified atom stereocenters. The van der Waals surface area contributed by atoms with Crippen LogP contribution in [0.1, 0.15) is 10.6 Å². The van der Waals surface area contributed by atoms with Crippen LogP contribution >= 0.6 is 0 Å². The maximum Gasteiger partial charge on any atom is 0.372 e. The monoisotopic (exact) mass is 220 g/mol. The summed E-state index contributed by atoms with van der Waals surface area (Å²) >= 11 is 0. The Hall–Kier alpha value is -2.37. The molecule has 16 heavy (non-hydrogen) atoms. The van der Waals surface area contributed by atoms with Gasteiger partial charge in [0.1, 0.15) is 5.75 Å². The van der Waals surface area contributed by atoms with Gasteiger partial charge in [-0.05, 0) is 12.1 Å². The number of aromatic amines is 1. The van der Waals surface area contributed by atoms with Crippen LogP contribution in [-0.2, 0) is 0 Å². The second-order valence-corrected chi connectivity index (χ2v) is 3.10. The summed E-state index contributed by atoms with van der Waals surface area (Å²) in [5, 5.41) is 9.06. The first kappa shape index (κ1) is 10.2. The molecule has 0 saturated heterocycles. The minimum absolute atomic E-state index is 0.292. The molecule has 6 nitrogen and oxygen atoms in total. The third kappa shape index (κ3) is 1.60. The highest BCUT2D eigenvalue weighted by Crippen LogP contribution is 2.15. The predicted molar refractivity (Wildman–Crippen MR) is 55.9 cm³/mol. The van der Waals surface area contributed by atoms with Gasteiger partial charge in [-0.15, -0.1) is 0 Å². The number of methoxy groups -OCH3 is 1. The molecule has 0 atom stereocenters. The summed E-state index contributed by atoms with van der Waals surface area (Å²) in [6.07, 6.45) is 0. The Morgan fingerprint density at radius 1 is 1.50 bits per heavy atom. The second kappa shape index (κ2) is 3.65. The molecule has 0 aliphatic heterocycles. The van der Waals surface area contributed by atoms with Gasteiger partial charge in [0.05, 0.1) is 18.0 Å². The number of hydrogen-bond acceptors (Lipinski definition) is 4. The van der Waals surface area contributed by atoms with E-state index in [0.29, 0.717) is 16.7 Å². The normalized spacial score (nSPS) is 10.3. The second-order valence-electron chi connectivity index (χ2n) is 3.10. The lowest BCUT2D eigenvalue weighted by Crippen LogP contribution is -2.15. The molecule has 6 heteroatoms. The first-order valence-electron chi connectivity index (χ1n) is 4.43. The van der Waals surface area contributed by atoms with Crippen LogP contribution < -0.4 is 10.3 Å². The lowest BCUT2D eigenvalue weighted by molar-refractivity contribution is 0.0683. The highest BCUT2D eigenvalue weighted by molar-refractivity contribution is 5.87. The smallest absolute Gasteiger partial charge is 0.372 e. The fraction of sp³-hybridized carbons (Fsp3) is 0.100. The lowest BCUT2D eigenvalue weighted by atomic mass is 10.2. The van der Waals surface area contributed by atoms with E-state index in [0.717, 1.165) is 0 Å². The Kier molecular flexibility index (Phi) is 2.32. The number of carboxylic acids is 1. The van der Waals surface area contributed by atoms with Gasteiger partial charge in [-0.2, -0.15) is 0 Å². The summed E-state index contributed by atoms with van der Waals surface area (Å²) in [6.45, 7) is 0. The molecule has 0 bridgehead atoms. The molecule has 82 valence electrons. The Morgan fingerprint density at radius 3 is 2.88 bits per heavy atom. The maximum absolute atomic E-state index is 11.5. The third-order valence-electron chi connectivity index (χ3n) is 2.12. The van der Waals surface area contributed by atoms with Gasteiger partial charge in [-0.3, -0.25) is 4.79 Å². The summed E-state index contributed by atoms with van der Waals surface area (Å²) in [5.74, 6) is -1.14. The van der Waals surface area contributed by atoms with Crippen LogP contribution in [0.25, 0.3) is 10.9 Å². The van der Waals surface area contributed by atoms with Crippen LogP contribution in [0.5, 0.6) is 5.75 Å². The predicted octanol–water partition coefficient (Wildman–Crippen LogP) is 0.630. The Morgan fingerprint density at radius 2 is 2.25 bits per heavy atom. The fourth-order valence-corrected chi connectivity index (χ4v) is 1.35. The van der Waals surface area contributed by atoms with Crippen molar-refractivity contribution >= 4 is 16.9 Å². The van der Waals surface area contributed by atoms with Gasteiger partial charge in [0.2, 0.25) is 5.82 Å². The van der Waals surface area contributed by atoms with Crippen molar-refractivity contribution in [1.82, 2.24) is 9.97 Å². The number of rotatable bonds is 2. The fourth-order valence-electron chi connectivity index (χ4n) is 1.35. The summed E-state index contributed by atoms with van der Waals surface area (Å²) in [7, 11) is 1.48. The zero-order valence-electron chi connectivity index (χ0n) is 8.35. The largest absolute Gasteiger partial charge is 0.497 e. The number of ether oxygens (including phenoxy) is 1. The average molecular weight is 220 g/mol. The molecular weight excluding hydrogens is 212 g/mol. The van der Waals surface area contributed by atoms with Crippen molar-refractivity contribution in [1.29, 1.82) is 0 Å². The maximum atomic E-state index is 11.5. The van der Waals surface area contributed by atoms with Crippen molar-refractivity contribution in [3.05, 3.63) is 34.4 Å². The van der Waals surface area contributed by atoms with Crippen molar-refractivity contribution in [2.24, 2.45) is 0 Å². The minimum Gasteiger partial charge on any atom is -0.497 e. The lowest BCUT2D eigenvalue weighted by Gasteiger charge is -2.02. The number of benzene rings is 1. The van der Waals surface area contributed by atoms with Gasteiger partial charge in [0.25, 0.3) is 5.56 Å². The molecule has 2 rings (SSSR count). The van der Waals surface area contributed by atoms with Gasteiger partial charge in [0, 0.05) is 6.07 Å². The molecule has 0 fully saturated rings. The number of nitrogens with zero attached hydrogens (tertiary/aromatic N) is 1. The topological polar surface area (TPSA) is 92.3 Å². The van der Waals surface area contributed by atoms with E-state index < -0.39 is 11.5 Å². The number of aromatic carboxylic acids is 1. The van der Waals surface area contributed by atoms with Crippen LogP contribution in [-0.4, -0.2) is 28.2 Å². The quantitative estimate of drug-likeness (QED) is 0.774. The van der Waals surface area contributed by atoms with Crippen LogP contribution in [0, 0.1) is 0 Å². The first-order valence-corrected chi connectivity index (χ1v) is 4.43. The summed E-state index contributed by atoms with van der Waals surface area (Å²) in [4.78, 5) is 28.2. The van der Waals surface area contributed by atoms with E-state index in [1.165, 1.54) is 19.2 Å². The molecule has 2 aromatic rings. The van der Waals surface area contributed by atoms with Gasteiger partial charge in [-0.25, -0.2) is 9.78 Å². The van der Waals surface area contributed by atoms with Gasteiger partial charge in [0.15, 0.2) is 0 Å². The first-order chi connectivity index (χ1) is 7.61. The molecule has 1 aromatic heterocycles. The summed E-state index contributed by atoms with van der Waals surface area (Å²) < 4.78 is 4.96. The summed E-state index contributed by atoms with van der Waals surface area (Å²) in [6, 6.07) is 4.66. The third-order valence-corrected chi connectivity index (χ3v) is 2.12. The van der Waals surface area contributed by atoms with Crippen molar-refractivity contribution in [3.63, 3.8) is 0 Å². The van der Waals surface area contributed by atoms with Gasteiger partial charge < -0.3 is 14.8 Å². The molecule has 0 radical (unpaired) electrons. The zero-order valence-corrected chi connectivity index (χ0v) is 8.35. The van der Waals surface area contributed by atoms with E-state index >= 15 is 0 Å². The molecule has 0 amide bonds. The highest BCUT2D eigenvalue weighted by Gasteiger charge is 2.09. The zero-order chi connectivity index (χ0) is 11.7. The molecule has 2 N–H and O–H groups in total. The Labute approximate surface area is 89.5 Å². The van der Waals surface area contributed by atoms with Crippen molar-refractivity contribution < 1.29 is 14.6 Å². The molecule has 0 aliphatic rings. The van der Waals surface area contributed by atoms with Crippen LogP contribution in [0.15, 0.2) is 23.0 Å². The van der Waals surface area contributed by atoms with Crippen LogP contribution in [0.3, 0.4) is 0 Å². The van der Waals surface area contributed by atoms with Crippen LogP contribution in [0.2, 0.25) is 0 Å². The number of aromatic nitrogens is 2. The van der Waals surface area contributed by atoms with Gasteiger partial charge in [-0.1, -0.05) is 0 Å². The number of fused-ring (bicyclic) bond motifs is 1. The number of carboxylic acid groups (broad SMARTS) is 1. The highest BCUT2D eigenvalue weighted by atomic mass is 16.5. The number of hydrogen-bond donors (Lipinski definition) is 2. The van der Waals surface area contributed by atoms with E-state index in [1.807, 2.05) is 0 Å². The standard InChI is InChI=1S/C10H8N2O4/c1-16-5-2-3-6-7(4-5)11-8(10(14)15)12-9(6)13/h2-4H,1H3,(H,14,15)(H,11,12,13). The van der Waals surface area contributed by atoms with Crippen molar-refractivity contribution in [2.45, 2.75) is 0 Å². The molecule has 0 saturated carbocycles. The average Bonchev–Trinajstić information content (AvgIpc) is 2.28. The number of carbonyl (C=O) groups is 1.